The second-order valence-electron chi connectivity index (χ2n) is 5.12. The molecule has 0 radical (unpaired) electrons. The number of nitrogens with one attached hydrogen (secondary N) is 1. The van der Waals surface area contributed by atoms with Gasteiger partial charge in [-0.25, -0.2) is 4.39 Å². The number of carbonyl (C=O) groups is 2. The first-order valence-corrected chi connectivity index (χ1v) is 6.70. The lowest BCUT2D eigenvalue weighted by molar-refractivity contribution is -0.121. The largest absolute Gasteiger partial charge is 0.356 e. The first-order valence-electron chi connectivity index (χ1n) is 6.70. The quantitative estimate of drug-likeness (QED) is 0.747. The Kier molecular flexibility index (Phi) is 6.31. The standard InChI is InChI=1S/C15H21FN2O2/c1-10(8-17)9-18-14(19)6-11(2)15(20)12-4-3-5-13(16)7-12/h3-5,7,10-11H,6,8-9,17H2,1-2H3,(H,18,19). The van der Waals surface area contributed by atoms with E-state index in [4.69, 9.17) is 5.73 Å². The molecule has 1 aromatic rings. The second kappa shape index (κ2) is 7.75. The zero-order valence-electron chi connectivity index (χ0n) is 11.9. The number of ketones is 1. The molecule has 0 aliphatic rings. The maximum atomic E-state index is 13.1. The number of hydrogen-bond acceptors (Lipinski definition) is 3. The Morgan fingerprint density at radius 3 is 2.65 bits per heavy atom. The van der Waals surface area contributed by atoms with Gasteiger partial charge in [0.05, 0.1) is 0 Å². The molecular weight excluding hydrogens is 259 g/mol. The Hall–Kier alpha value is -1.75. The van der Waals surface area contributed by atoms with Crippen LogP contribution in [0.5, 0.6) is 0 Å². The molecule has 110 valence electrons. The number of nitrogens with two attached hydrogens (primary N) is 1. The number of halogens is 1. The number of amides is 1. The van der Waals surface area contributed by atoms with Crippen LogP contribution in [0.4, 0.5) is 4.39 Å². The van der Waals surface area contributed by atoms with Crippen molar-refractivity contribution in [1.29, 1.82) is 0 Å². The summed E-state index contributed by atoms with van der Waals surface area (Å²) in [6, 6.07) is 5.50. The van der Waals surface area contributed by atoms with Crippen LogP contribution in [0.3, 0.4) is 0 Å². The van der Waals surface area contributed by atoms with E-state index in [1.54, 1.807) is 13.0 Å². The van der Waals surface area contributed by atoms with Crippen LogP contribution in [0.15, 0.2) is 24.3 Å². The maximum absolute atomic E-state index is 13.1. The first kappa shape index (κ1) is 16.3. The van der Waals surface area contributed by atoms with Crippen LogP contribution in [0, 0.1) is 17.7 Å². The number of carbonyl (C=O) groups excluding carboxylic acids is 2. The van der Waals surface area contributed by atoms with E-state index in [1.807, 2.05) is 6.92 Å². The molecule has 0 saturated carbocycles. The summed E-state index contributed by atoms with van der Waals surface area (Å²) in [6.07, 6.45) is 0.0899. The highest BCUT2D eigenvalue weighted by atomic mass is 19.1. The van der Waals surface area contributed by atoms with E-state index in [9.17, 15) is 14.0 Å². The summed E-state index contributed by atoms with van der Waals surface area (Å²) in [7, 11) is 0. The lowest BCUT2D eigenvalue weighted by Gasteiger charge is -2.13. The third-order valence-corrected chi connectivity index (χ3v) is 3.10. The minimum absolute atomic E-state index is 0.0899. The summed E-state index contributed by atoms with van der Waals surface area (Å²) in [5.41, 5.74) is 5.75. The van der Waals surface area contributed by atoms with Gasteiger partial charge in [0.25, 0.3) is 0 Å². The van der Waals surface area contributed by atoms with E-state index in [0.29, 0.717) is 18.7 Å². The van der Waals surface area contributed by atoms with Crippen molar-refractivity contribution in [2.75, 3.05) is 13.1 Å². The van der Waals surface area contributed by atoms with E-state index >= 15 is 0 Å². The van der Waals surface area contributed by atoms with Crippen molar-refractivity contribution in [2.24, 2.45) is 17.6 Å². The number of rotatable bonds is 7. The highest BCUT2D eigenvalue weighted by Gasteiger charge is 2.19. The van der Waals surface area contributed by atoms with E-state index in [0.717, 1.165) is 0 Å². The van der Waals surface area contributed by atoms with Gasteiger partial charge >= 0.3 is 0 Å². The zero-order chi connectivity index (χ0) is 15.1. The average Bonchev–Trinajstić information content (AvgIpc) is 2.43. The van der Waals surface area contributed by atoms with E-state index < -0.39 is 11.7 Å². The Morgan fingerprint density at radius 1 is 1.35 bits per heavy atom. The summed E-state index contributed by atoms with van der Waals surface area (Å²) in [5.74, 6) is -1.16. The van der Waals surface area contributed by atoms with Crippen molar-refractivity contribution in [3.63, 3.8) is 0 Å². The van der Waals surface area contributed by atoms with E-state index in [-0.39, 0.29) is 24.0 Å². The monoisotopic (exact) mass is 280 g/mol. The summed E-state index contributed by atoms with van der Waals surface area (Å²) in [6.45, 7) is 4.59. The molecule has 1 rings (SSSR count). The molecule has 0 aliphatic carbocycles. The molecule has 0 aromatic heterocycles. The van der Waals surface area contributed by atoms with Crippen LogP contribution in [-0.4, -0.2) is 24.8 Å². The van der Waals surface area contributed by atoms with Gasteiger partial charge in [-0.2, -0.15) is 0 Å². The van der Waals surface area contributed by atoms with Crippen molar-refractivity contribution in [3.8, 4) is 0 Å². The lowest BCUT2D eigenvalue weighted by atomic mass is 9.96. The minimum Gasteiger partial charge on any atom is -0.356 e. The Morgan fingerprint density at radius 2 is 2.05 bits per heavy atom. The maximum Gasteiger partial charge on any atom is 0.220 e. The molecule has 5 heteroatoms. The van der Waals surface area contributed by atoms with Gasteiger partial charge in [0.2, 0.25) is 5.91 Å². The normalized spacial score (nSPS) is 13.6. The van der Waals surface area contributed by atoms with Crippen LogP contribution in [0.1, 0.15) is 30.6 Å². The number of hydrogen-bond donors (Lipinski definition) is 2. The Labute approximate surface area is 118 Å². The molecule has 2 atom stereocenters. The van der Waals surface area contributed by atoms with Gasteiger partial charge in [-0.1, -0.05) is 26.0 Å². The van der Waals surface area contributed by atoms with E-state index in [1.165, 1.54) is 18.2 Å². The van der Waals surface area contributed by atoms with Gasteiger partial charge < -0.3 is 11.1 Å². The molecule has 0 bridgehead atoms. The van der Waals surface area contributed by atoms with Crippen LogP contribution in [0.2, 0.25) is 0 Å². The predicted molar refractivity (Wildman–Crippen MR) is 75.7 cm³/mol. The Balaban J connectivity index is 2.51. The summed E-state index contributed by atoms with van der Waals surface area (Å²) in [4.78, 5) is 23.8. The smallest absolute Gasteiger partial charge is 0.220 e. The first-order chi connectivity index (χ1) is 9.43. The highest BCUT2D eigenvalue weighted by molar-refractivity contribution is 5.99. The molecule has 3 N–H and O–H groups in total. The predicted octanol–water partition coefficient (Wildman–Crippen LogP) is 1.75. The molecule has 1 amide bonds. The zero-order valence-corrected chi connectivity index (χ0v) is 11.9. The van der Waals surface area contributed by atoms with Gasteiger partial charge in [-0.05, 0) is 24.6 Å². The van der Waals surface area contributed by atoms with Crippen molar-refractivity contribution in [2.45, 2.75) is 20.3 Å². The molecule has 0 spiro atoms. The van der Waals surface area contributed by atoms with Crippen molar-refractivity contribution in [1.82, 2.24) is 5.32 Å². The van der Waals surface area contributed by atoms with Gasteiger partial charge in [0, 0.05) is 24.4 Å². The van der Waals surface area contributed by atoms with Crippen LogP contribution in [0.25, 0.3) is 0 Å². The van der Waals surface area contributed by atoms with Crippen molar-refractivity contribution in [3.05, 3.63) is 35.6 Å². The fourth-order valence-corrected chi connectivity index (χ4v) is 1.74. The fraction of sp³-hybridized carbons (Fsp3) is 0.467. The van der Waals surface area contributed by atoms with Crippen molar-refractivity contribution < 1.29 is 14.0 Å². The summed E-state index contributed by atoms with van der Waals surface area (Å²) >= 11 is 0. The lowest BCUT2D eigenvalue weighted by Crippen LogP contribution is -2.33. The summed E-state index contributed by atoms with van der Waals surface area (Å²) < 4.78 is 13.1. The van der Waals surface area contributed by atoms with Gasteiger partial charge in [-0.3, -0.25) is 9.59 Å². The van der Waals surface area contributed by atoms with Crippen LogP contribution >= 0.6 is 0 Å². The molecule has 1 aromatic carbocycles. The van der Waals surface area contributed by atoms with Crippen LogP contribution < -0.4 is 11.1 Å². The van der Waals surface area contributed by atoms with Gasteiger partial charge in [0.1, 0.15) is 5.82 Å². The molecule has 0 fully saturated rings. The van der Waals surface area contributed by atoms with E-state index in [2.05, 4.69) is 5.32 Å². The molecular formula is C15H21FN2O2. The molecule has 0 saturated heterocycles. The molecule has 2 unspecified atom stereocenters. The van der Waals surface area contributed by atoms with Crippen molar-refractivity contribution >= 4 is 11.7 Å². The van der Waals surface area contributed by atoms with Gasteiger partial charge in [-0.15, -0.1) is 0 Å². The molecule has 4 nitrogen and oxygen atoms in total. The topological polar surface area (TPSA) is 72.2 Å². The molecule has 0 aliphatic heterocycles. The average molecular weight is 280 g/mol. The Bertz CT molecular complexity index is 477. The molecule has 20 heavy (non-hydrogen) atoms. The number of benzene rings is 1. The highest BCUT2D eigenvalue weighted by Crippen LogP contribution is 2.13. The third-order valence-electron chi connectivity index (χ3n) is 3.10. The molecule has 0 heterocycles. The third kappa shape index (κ3) is 5.09. The number of Topliss-reactive ketones (excluding diaryl/α,β-unsaturated/α-hetero) is 1. The minimum atomic E-state index is -0.481. The fourth-order valence-electron chi connectivity index (χ4n) is 1.74. The van der Waals surface area contributed by atoms with Crippen LogP contribution in [-0.2, 0) is 4.79 Å². The summed E-state index contributed by atoms with van der Waals surface area (Å²) in [5, 5.41) is 2.74. The second-order valence-corrected chi connectivity index (χ2v) is 5.12. The SMILES string of the molecule is CC(CN)CNC(=O)CC(C)C(=O)c1cccc(F)c1. The van der Waals surface area contributed by atoms with Gasteiger partial charge in [0.15, 0.2) is 5.78 Å².